The summed E-state index contributed by atoms with van der Waals surface area (Å²) < 4.78 is 0. The number of nitrogens with zero attached hydrogens (tertiary/aromatic N) is 1. The minimum atomic E-state index is -0.0998. The van der Waals surface area contributed by atoms with Gasteiger partial charge in [0.1, 0.15) is 0 Å². The van der Waals surface area contributed by atoms with Crippen molar-refractivity contribution in [3.63, 3.8) is 0 Å². The molecule has 1 heterocycles. The number of allylic oxidation sites excluding steroid dienone is 1. The van der Waals surface area contributed by atoms with Crippen molar-refractivity contribution in [3.8, 4) is 11.3 Å². The summed E-state index contributed by atoms with van der Waals surface area (Å²) >= 11 is 1.63. The molecule has 1 aromatic carbocycles. The molecule has 0 bridgehead atoms. The van der Waals surface area contributed by atoms with E-state index in [1.165, 1.54) is 0 Å². The summed E-state index contributed by atoms with van der Waals surface area (Å²) in [5.41, 5.74) is 3.81. The number of nitrogens with one attached hydrogen (secondary N) is 1. The third-order valence-corrected chi connectivity index (χ3v) is 3.26. The van der Waals surface area contributed by atoms with E-state index in [0.29, 0.717) is 0 Å². The van der Waals surface area contributed by atoms with Crippen molar-refractivity contribution in [1.29, 1.82) is 0 Å². The van der Waals surface area contributed by atoms with Crippen LogP contribution < -0.4 is 5.32 Å². The monoisotopic (exact) mass is 272 g/mol. The van der Waals surface area contributed by atoms with Crippen LogP contribution in [0.2, 0.25) is 0 Å². The molecule has 2 rings (SSSR count). The number of aryl methyl sites for hydroxylation is 1. The molecule has 0 aliphatic heterocycles. The van der Waals surface area contributed by atoms with Crippen LogP contribution in [0.15, 0.2) is 41.3 Å². The Hall–Kier alpha value is -1.94. The molecule has 0 radical (unpaired) electrons. The molecule has 0 aliphatic carbocycles. The van der Waals surface area contributed by atoms with Crippen molar-refractivity contribution in [3.05, 3.63) is 46.3 Å². The zero-order valence-electron chi connectivity index (χ0n) is 11.2. The van der Waals surface area contributed by atoms with Crippen LogP contribution in [0.4, 0.5) is 5.69 Å². The van der Waals surface area contributed by atoms with Gasteiger partial charge in [-0.15, -0.1) is 11.3 Å². The average molecular weight is 272 g/mol. The molecule has 0 spiro atoms. The van der Waals surface area contributed by atoms with Gasteiger partial charge in [-0.3, -0.25) is 4.79 Å². The van der Waals surface area contributed by atoms with Crippen molar-refractivity contribution in [2.24, 2.45) is 0 Å². The predicted octanol–water partition coefficient (Wildman–Crippen LogP) is 4.02. The second kappa shape index (κ2) is 5.80. The summed E-state index contributed by atoms with van der Waals surface area (Å²) in [6.45, 7) is 5.78. The van der Waals surface area contributed by atoms with E-state index >= 15 is 0 Å². The third kappa shape index (κ3) is 3.76. The molecule has 0 fully saturated rings. The first-order valence-electron chi connectivity index (χ1n) is 6.03. The van der Waals surface area contributed by atoms with E-state index in [1.807, 2.05) is 50.4 Å². The summed E-state index contributed by atoms with van der Waals surface area (Å²) in [4.78, 5) is 16.0. The van der Waals surface area contributed by atoms with Crippen molar-refractivity contribution < 1.29 is 4.79 Å². The summed E-state index contributed by atoms with van der Waals surface area (Å²) in [6, 6.07) is 7.71. The Morgan fingerprint density at radius 1 is 1.26 bits per heavy atom. The first-order valence-corrected chi connectivity index (χ1v) is 6.91. The van der Waals surface area contributed by atoms with E-state index in [0.717, 1.165) is 27.5 Å². The van der Waals surface area contributed by atoms with Gasteiger partial charge in [0.05, 0.1) is 10.7 Å². The fourth-order valence-electron chi connectivity index (χ4n) is 1.66. The molecule has 0 saturated heterocycles. The zero-order valence-corrected chi connectivity index (χ0v) is 12.0. The van der Waals surface area contributed by atoms with Crippen LogP contribution in [0, 0.1) is 6.92 Å². The van der Waals surface area contributed by atoms with Crippen LogP contribution in [0.3, 0.4) is 0 Å². The molecule has 1 N–H and O–H groups in total. The molecule has 0 atom stereocenters. The van der Waals surface area contributed by atoms with Gasteiger partial charge < -0.3 is 5.32 Å². The summed E-state index contributed by atoms with van der Waals surface area (Å²) in [5.74, 6) is -0.0998. The molecule has 0 aliphatic rings. The minimum Gasteiger partial charge on any atom is -0.323 e. The first kappa shape index (κ1) is 13.5. The molecule has 4 heteroatoms. The molecule has 19 heavy (non-hydrogen) atoms. The van der Waals surface area contributed by atoms with Crippen LogP contribution in [-0.4, -0.2) is 10.9 Å². The molecule has 0 saturated carbocycles. The lowest BCUT2D eigenvalue weighted by Crippen LogP contribution is -2.08. The molecular formula is C15H16N2OS. The van der Waals surface area contributed by atoms with E-state index in [9.17, 15) is 4.79 Å². The Morgan fingerprint density at radius 3 is 2.47 bits per heavy atom. The predicted molar refractivity (Wildman–Crippen MR) is 80.3 cm³/mol. The first-order chi connectivity index (χ1) is 9.04. The second-order valence-corrected chi connectivity index (χ2v) is 5.60. The number of carbonyl (C=O) groups is 1. The summed E-state index contributed by atoms with van der Waals surface area (Å²) in [5, 5.41) is 5.91. The van der Waals surface area contributed by atoms with Gasteiger partial charge in [-0.1, -0.05) is 17.7 Å². The van der Waals surface area contributed by atoms with Gasteiger partial charge in [0, 0.05) is 22.7 Å². The van der Waals surface area contributed by atoms with Gasteiger partial charge in [0.25, 0.3) is 0 Å². The average Bonchev–Trinajstić information content (AvgIpc) is 2.75. The number of aromatic nitrogens is 1. The van der Waals surface area contributed by atoms with Gasteiger partial charge in [-0.05, 0) is 32.9 Å². The van der Waals surface area contributed by atoms with Crippen molar-refractivity contribution >= 4 is 22.9 Å². The number of rotatable bonds is 3. The van der Waals surface area contributed by atoms with Gasteiger partial charge in [-0.2, -0.15) is 0 Å². The summed E-state index contributed by atoms with van der Waals surface area (Å²) in [7, 11) is 0. The maximum Gasteiger partial charge on any atom is 0.248 e. The third-order valence-electron chi connectivity index (χ3n) is 2.49. The highest BCUT2D eigenvalue weighted by Gasteiger charge is 2.03. The van der Waals surface area contributed by atoms with E-state index in [4.69, 9.17) is 0 Å². The van der Waals surface area contributed by atoms with Crippen LogP contribution in [0.25, 0.3) is 11.3 Å². The fourth-order valence-corrected chi connectivity index (χ4v) is 2.28. The highest BCUT2D eigenvalue weighted by atomic mass is 32.1. The van der Waals surface area contributed by atoms with Crippen molar-refractivity contribution in [2.75, 3.05) is 5.32 Å². The lowest BCUT2D eigenvalue weighted by atomic mass is 10.1. The normalized spacial score (nSPS) is 10.1. The molecule has 98 valence electrons. The van der Waals surface area contributed by atoms with E-state index in [2.05, 4.69) is 10.3 Å². The van der Waals surface area contributed by atoms with Gasteiger partial charge in [0.2, 0.25) is 5.91 Å². The van der Waals surface area contributed by atoms with Gasteiger partial charge >= 0.3 is 0 Å². The Kier molecular flexibility index (Phi) is 4.12. The second-order valence-electron chi connectivity index (χ2n) is 4.54. The van der Waals surface area contributed by atoms with Crippen molar-refractivity contribution in [1.82, 2.24) is 4.98 Å². The van der Waals surface area contributed by atoms with Crippen LogP contribution >= 0.6 is 11.3 Å². The van der Waals surface area contributed by atoms with E-state index in [-0.39, 0.29) is 5.91 Å². The Morgan fingerprint density at radius 2 is 1.95 bits per heavy atom. The number of hydrogen-bond donors (Lipinski definition) is 1. The molecule has 1 amide bonds. The van der Waals surface area contributed by atoms with Crippen LogP contribution in [0.1, 0.15) is 18.9 Å². The summed E-state index contributed by atoms with van der Waals surface area (Å²) in [6.07, 6.45) is 1.58. The molecule has 0 unspecified atom stereocenters. The Labute approximate surface area is 117 Å². The maximum absolute atomic E-state index is 11.6. The van der Waals surface area contributed by atoms with E-state index in [1.54, 1.807) is 17.4 Å². The lowest BCUT2D eigenvalue weighted by molar-refractivity contribution is -0.111. The lowest BCUT2D eigenvalue weighted by Gasteiger charge is -2.03. The SMILES string of the molecule is CC(C)=CC(=O)Nc1ccc(-c2csc(C)n2)cc1. The van der Waals surface area contributed by atoms with E-state index < -0.39 is 0 Å². The minimum absolute atomic E-state index is 0.0998. The molecule has 1 aromatic heterocycles. The van der Waals surface area contributed by atoms with Crippen molar-refractivity contribution in [2.45, 2.75) is 20.8 Å². The molecular weight excluding hydrogens is 256 g/mol. The Bertz CT molecular complexity index is 607. The number of anilines is 1. The largest absolute Gasteiger partial charge is 0.323 e. The highest BCUT2D eigenvalue weighted by molar-refractivity contribution is 7.09. The van der Waals surface area contributed by atoms with Crippen LogP contribution in [0.5, 0.6) is 0 Å². The highest BCUT2D eigenvalue weighted by Crippen LogP contribution is 2.23. The maximum atomic E-state index is 11.6. The Balaban J connectivity index is 2.11. The van der Waals surface area contributed by atoms with Gasteiger partial charge in [-0.25, -0.2) is 4.98 Å². The number of amides is 1. The molecule has 3 nitrogen and oxygen atoms in total. The standard InChI is InChI=1S/C15H16N2OS/c1-10(2)8-15(18)17-13-6-4-12(5-7-13)14-9-19-11(3)16-14/h4-9H,1-3H3,(H,17,18). The van der Waals surface area contributed by atoms with Gasteiger partial charge in [0.15, 0.2) is 0 Å². The topological polar surface area (TPSA) is 42.0 Å². The number of hydrogen-bond acceptors (Lipinski definition) is 3. The number of carbonyl (C=O) groups excluding carboxylic acids is 1. The quantitative estimate of drug-likeness (QED) is 0.857. The number of benzene rings is 1. The van der Waals surface area contributed by atoms with Crippen LogP contribution in [-0.2, 0) is 4.79 Å². The fraction of sp³-hybridized carbons (Fsp3) is 0.200. The number of thiazole rings is 1. The molecule has 2 aromatic rings. The zero-order chi connectivity index (χ0) is 13.8. The smallest absolute Gasteiger partial charge is 0.248 e.